The highest BCUT2D eigenvalue weighted by atomic mass is 79.9. The van der Waals surface area contributed by atoms with E-state index in [0.29, 0.717) is 11.6 Å². The lowest BCUT2D eigenvalue weighted by Gasteiger charge is -2.10. The summed E-state index contributed by atoms with van der Waals surface area (Å²) in [4.78, 5) is 12.3. The van der Waals surface area contributed by atoms with Crippen molar-refractivity contribution in [1.82, 2.24) is 9.36 Å². The van der Waals surface area contributed by atoms with E-state index in [-0.39, 0.29) is 5.56 Å². The fraction of sp³-hybridized carbons (Fsp3) is 0.308. The molecule has 0 radical (unpaired) electrons. The number of nitrogen functional groups attached to an aromatic ring is 1. The highest BCUT2D eigenvalue weighted by molar-refractivity contribution is 9.10. The van der Waals surface area contributed by atoms with Gasteiger partial charge in [0.1, 0.15) is 5.69 Å². The third kappa shape index (κ3) is 1.61. The molecule has 18 heavy (non-hydrogen) atoms. The Kier molecular flexibility index (Phi) is 2.59. The van der Waals surface area contributed by atoms with E-state index < -0.39 is 0 Å². The average Bonchev–Trinajstić information content (AvgIpc) is 3.13. The van der Waals surface area contributed by atoms with Gasteiger partial charge in [-0.1, -0.05) is 12.1 Å². The van der Waals surface area contributed by atoms with Gasteiger partial charge in [0.05, 0.1) is 11.4 Å². The van der Waals surface area contributed by atoms with Crippen LogP contribution in [0.1, 0.15) is 24.5 Å². The van der Waals surface area contributed by atoms with E-state index in [1.165, 1.54) is 0 Å². The minimum atomic E-state index is -0.133. The molecule has 1 heterocycles. The Labute approximate surface area is 113 Å². The predicted octanol–water partition coefficient (Wildman–Crippen LogP) is 2.40. The molecule has 2 aromatic rings. The maximum absolute atomic E-state index is 12.3. The number of nitrogens with two attached hydrogens (primary N) is 1. The van der Waals surface area contributed by atoms with Gasteiger partial charge < -0.3 is 5.73 Å². The normalized spacial score (nSPS) is 15.0. The highest BCUT2D eigenvalue weighted by Crippen LogP contribution is 2.42. The lowest BCUT2D eigenvalue weighted by molar-refractivity contribution is 0.615. The summed E-state index contributed by atoms with van der Waals surface area (Å²) >= 11 is 3.47. The van der Waals surface area contributed by atoms with Crippen molar-refractivity contribution in [3.05, 3.63) is 44.8 Å². The Hall–Kier alpha value is -1.49. The predicted molar refractivity (Wildman–Crippen MR) is 75.1 cm³/mol. The van der Waals surface area contributed by atoms with Crippen molar-refractivity contribution in [2.24, 2.45) is 7.05 Å². The van der Waals surface area contributed by atoms with Crippen LogP contribution >= 0.6 is 15.9 Å². The van der Waals surface area contributed by atoms with E-state index in [1.807, 2.05) is 36.0 Å². The van der Waals surface area contributed by atoms with E-state index >= 15 is 0 Å². The quantitative estimate of drug-likeness (QED) is 0.926. The summed E-state index contributed by atoms with van der Waals surface area (Å²) in [5.41, 5.74) is 8.01. The molecule has 0 unspecified atom stereocenters. The van der Waals surface area contributed by atoms with Crippen molar-refractivity contribution >= 4 is 21.6 Å². The van der Waals surface area contributed by atoms with E-state index in [1.54, 1.807) is 4.68 Å². The Morgan fingerprint density at radius 2 is 2.00 bits per heavy atom. The zero-order chi connectivity index (χ0) is 12.9. The molecule has 1 aromatic heterocycles. The zero-order valence-electron chi connectivity index (χ0n) is 10.1. The maximum Gasteiger partial charge on any atom is 0.294 e. The summed E-state index contributed by atoms with van der Waals surface area (Å²) in [5.74, 6) is 0.450. The van der Waals surface area contributed by atoms with Gasteiger partial charge in [-0.2, -0.15) is 0 Å². The molecular weight excluding hydrogens is 294 g/mol. The monoisotopic (exact) mass is 307 g/mol. The van der Waals surface area contributed by atoms with Crippen LogP contribution in [-0.4, -0.2) is 9.36 Å². The van der Waals surface area contributed by atoms with Crippen LogP contribution in [0.3, 0.4) is 0 Å². The number of hydrogen-bond donors (Lipinski definition) is 1. The van der Waals surface area contributed by atoms with E-state index in [4.69, 9.17) is 5.73 Å². The topological polar surface area (TPSA) is 52.9 Å². The second-order valence-corrected chi connectivity index (χ2v) is 5.52. The van der Waals surface area contributed by atoms with Crippen LogP contribution < -0.4 is 11.3 Å². The van der Waals surface area contributed by atoms with Gasteiger partial charge >= 0.3 is 0 Å². The van der Waals surface area contributed by atoms with Gasteiger partial charge in [0.25, 0.3) is 5.56 Å². The first-order chi connectivity index (χ1) is 8.61. The molecule has 0 aliphatic heterocycles. The molecule has 1 aliphatic rings. The average molecular weight is 308 g/mol. The first-order valence-corrected chi connectivity index (χ1v) is 6.73. The molecule has 3 rings (SSSR count). The second kappa shape index (κ2) is 4.02. The lowest BCUT2D eigenvalue weighted by atomic mass is 10.2. The summed E-state index contributed by atoms with van der Waals surface area (Å²) in [6.07, 6.45) is 2.24. The number of halogens is 1. The number of aromatic nitrogens is 2. The van der Waals surface area contributed by atoms with Crippen LogP contribution in [0, 0.1) is 0 Å². The van der Waals surface area contributed by atoms with Crippen LogP contribution in [-0.2, 0) is 7.05 Å². The fourth-order valence-corrected chi connectivity index (χ4v) is 2.83. The molecule has 4 nitrogen and oxygen atoms in total. The van der Waals surface area contributed by atoms with Crippen LogP contribution in [0.4, 0.5) is 5.69 Å². The van der Waals surface area contributed by atoms with Gasteiger partial charge in [0.15, 0.2) is 0 Å². The molecule has 0 bridgehead atoms. The molecule has 1 aliphatic carbocycles. The van der Waals surface area contributed by atoms with Crippen molar-refractivity contribution in [1.29, 1.82) is 0 Å². The number of rotatable bonds is 2. The van der Waals surface area contributed by atoms with Gasteiger partial charge in [-0.05, 0) is 40.9 Å². The molecule has 0 spiro atoms. The largest absolute Gasteiger partial charge is 0.393 e. The second-order valence-electron chi connectivity index (χ2n) is 4.67. The molecule has 5 heteroatoms. The molecule has 1 fully saturated rings. The van der Waals surface area contributed by atoms with Crippen molar-refractivity contribution < 1.29 is 0 Å². The SMILES string of the molecule is Cn1c(C2CC2)c(N)c(=O)n1-c1ccccc1Br. The van der Waals surface area contributed by atoms with E-state index in [2.05, 4.69) is 15.9 Å². The van der Waals surface area contributed by atoms with Gasteiger partial charge in [0, 0.05) is 17.4 Å². The van der Waals surface area contributed by atoms with Crippen molar-refractivity contribution in [2.75, 3.05) is 5.73 Å². The zero-order valence-corrected chi connectivity index (χ0v) is 11.6. The Morgan fingerprint density at radius 1 is 1.33 bits per heavy atom. The summed E-state index contributed by atoms with van der Waals surface area (Å²) < 4.78 is 4.40. The molecule has 1 aromatic carbocycles. The van der Waals surface area contributed by atoms with Crippen molar-refractivity contribution in [2.45, 2.75) is 18.8 Å². The molecule has 94 valence electrons. The molecule has 1 saturated carbocycles. The fourth-order valence-electron chi connectivity index (χ4n) is 2.38. The summed E-state index contributed by atoms with van der Waals surface area (Å²) in [7, 11) is 1.89. The maximum atomic E-state index is 12.3. The Bertz CT molecular complexity index is 667. The Morgan fingerprint density at radius 3 is 2.61 bits per heavy atom. The first-order valence-electron chi connectivity index (χ1n) is 5.93. The summed E-state index contributed by atoms with van der Waals surface area (Å²) in [6, 6.07) is 7.66. The molecule has 0 amide bonds. The van der Waals surface area contributed by atoms with E-state index in [9.17, 15) is 4.79 Å². The third-order valence-electron chi connectivity index (χ3n) is 3.39. The smallest absolute Gasteiger partial charge is 0.294 e. The lowest BCUT2D eigenvalue weighted by Crippen LogP contribution is -2.21. The van der Waals surface area contributed by atoms with Gasteiger partial charge in [-0.3, -0.25) is 9.48 Å². The highest BCUT2D eigenvalue weighted by Gasteiger charge is 2.31. The number of anilines is 1. The van der Waals surface area contributed by atoms with Crippen molar-refractivity contribution in [3.8, 4) is 5.69 Å². The van der Waals surface area contributed by atoms with E-state index in [0.717, 1.165) is 28.7 Å². The molecule has 0 saturated heterocycles. The van der Waals surface area contributed by atoms with Crippen molar-refractivity contribution in [3.63, 3.8) is 0 Å². The molecular formula is C13H14BrN3O. The number of hydrogen-bond acceptors (Lipinski definition) is 2. The molecule has 2 N–H and O–H groups in total. The summed E-state index contributed by atoms with van der Waals surface area (Å²) in [5, 5.41) is 0. The number of nitrogens with zero attached hydrogens (tertiary/aromatic N) is 2. The Balaban J connectivity index is 2.28. The number of benzene rings is 1. The van der Waals surface area contributed by atoms with Crippen LogP contribution in [0.5, 0.6) is 0 Å². The minimum Gasteiger partial charge on any atom is -0.393 e. The van der Waals surface area contributed by atoms with Crippen LogP contribution in [0.15, 0.2) is 33.5 Å². The van der Waals surface area contributed by atoms with Gasteiger partial charge in [0.2, 0.25) is 0 Å². The number of para-hydroxylation sites is 1. The van der Waals surface area contributed by atoms with Crippen LogP contribution in [0.25, 0.3) is 5.69 Å². The van der Waals surface area contributed by atoms with Gasteiger partial charge in [-0.15, -0.1) is 0 Å². The van der Waals surface area contributed by atoms with Crippen LogP contribution in [0.2, 0.25) is 0 Å². The summed E-state index contributed by atoms with van der Waals surface area (Å²) in [6.45, 7) is 0. The third-order valence-corrected chi connectivity index (χ3v) is 4.06. The first kappa shape index (κ1) is 11.6. The molecule has 0 atom stereocenters. The standard InChI is InChI=1S/C13H14BrN3O/c1-16-12(8-6-7-8)11(15)13(18)17(16)10-5-3-2-4-9(10)14/h2-5,8H,6-7,15H2,1H3. The van der Waals surface area contributed by atoms with Gasteiger partial charge in [-0.25, -0.2) is 4.68 Å². The minimum absolute atomic E-state index is 0.133.